The summed E-state index contributed by atoms with van der Waals surface area (Å²) >= 11 is 5.95. The van der Waals surface area contributed by atoms with Gasteiger partial charge in [0, 0.05) is 16.4 Å². The maximum atomic E-state index is 12.4. The van der Waals surface area contributed by atoms with Crippen molar-refractivity contribution in [1.82, 2.24) is 0 Å². The first-order valence-electron chi connectivity index (χ1n) is 7.91. The molecule has 1 aliphatic rings. The predicted molar refractivity (Wildman–Crippen MR) is 97.9 cm³/mol. The van der Waals surface area contributed by atoms with Crippen LogP contribution in [0.4, 0.5) is 17.1 Å². The zero-order valence-electron chi connectivity index (χ0n) is 13.5. The van der Waals surface area contributed by atoms with Crippen molar-refractivity contribution in [2.45, 2.75) is 19.4 Å². The van der Waals surface area contributed by atoms with Crippen LogP contribution in [0.2, 0.25) is 5.02 Å². The van der Waals surface area contributed by atoms with E-state index in [1.165, 1.54) is 0 Å². The van der Waals surface area contributed by atoms with Gasteiger partial charge >= 0.3 is 0 Å². The van der Waals surface area contributed by atoms with Gasteiger partial charge in [-0.2, -0.15) is 0 Å². The monoisotopic (exact) mass is 345 g/mol. The Bertz CT molecular complexity index is 751. The van der Waals surface area contributed by atoms with E-state index in [0.29, 0.717) is 22.9 Å². The highest BCUT2D eigenvalue weighted by Crippen LogP contribution is 2.35. The van der Waals surface area contributed by atoms with Crippen LogP contribution in [0.3, 0.4) is 0 Å². The van der Waals surface area contributed by atoms with E-state index in [0.717, 1.165) is 17.9 Å². The fraction of sp³-hybridized carbons (Fsp3) is 0.278. The molecule has 1 unspecified atom stereocenters. The molecule has 1 aliphatic heterocycles. The maximum absolute atomic E-state index is 12.4. The molecule has 0 saturated heterocycles. The van der Waals surface area contributed by atoms with Crippen molar-refractivity contribution in [3.05, 3.63) is 47.5 Å². The number of fused-ring (bicyclic) bond motifs is 1. The summed E-state index contributed by atoms with van der Waals surface area (Å²) in [5, 5.41) is 3.46. The first-order valence-corrected chi connectivity index (χ1v) is 8.29. The van der Waals surface area contributed by atoms with E-state index >= 15 is 0 Å². The van der Waals surface area contributed by atoms with Crippen LogP contribution in [0.1, 0.15) is 13.3 Å². The van der Waals surface area contributed by atoms with Crippen molar-refractivity contribution in [3.63, 3.8) is 0 Å². The summed E-state index contributed by atoms with van der Waals surface area (Å²) in [7, 11) is 0. The number of carbonyl (C=O) groups is 1. The van der Waals surface area contributed by atoms with Crippen LogP contribution in [0.15, 0.2) is 42.5 Å². The highest BCUT2D eigenvalue weighted by Gasteiger charge is 2.26. The molecule has 0 fully saturated rings. The summed E-state index contributed by atoms with van der Waals surface area (Å²) in [5.74, 6) is 0.653. The van der Waals surface area contributed by atoms with Gasteiger partial charge in [0.2, 0.25) is 5.91 Å². The third-order valence-electron chi connectivity index (χ3n) is 3.94. The molecule has 3 rings (SSSR count). The van der Waals surface area contributed by atoms with E-state index in [1.54, 1.807) is 24.3 Å². The highest BCUT2D eigenvalue weighted by molar-refractivity contribution is 6.30. The van der Waals surface area contributed by atoms with Crippen LogP contribution < -0.4 is 20.7 Å². The van der Waals surface area contributed by atoms with Gasteiger partial charge in [0.1, 0.15) is 11.9 Å². The summed E-state index contributed by atoms with van der Waals surface area (Å²) in [6.07, 6.45) is 0.927. The van der Waals surface area contributed by atoms with Crippen molar-refractivity contribution in [1.29, 1.82) is 0 Å². The fourth-order valence-corrected chi connectivity index (χ4v) is 2.93. The van der Waals surface area contributed by atoms with Gasteiger partial charge in [-0.25, -0.2) is 0 Å². The van der Waals surface area contributed by atoms with Crippen LogP contribution in [0.5, 0.6) is 5.75 Å². The molecule has 0 bridgehead atoms. The lowest BCUT2D eigenvalue weighted by molar-refractivity contribution is -0.115. The van der Waals surface area contributed by atoms with E-state index < -0.39 is 0 Å². The molecule has 0 radical (unpaired) electrons. The van der Waals surface area contributed by atoms with Gasteiger partial charge in [0.15, 0.2) is 0 Å². The van der Waals surface area contributed by atoms with Crippen LogP contribution in [0, 0.1) is 0 Å². The first kappa shape index (κ1) is 16.5. The van der Waals surface area contributed by atoms with Crippen molar-refractivity contribution < 1.29 is 9.53 Å². The minimum absolute atomic E-state index is 0.0556. The number of nitrogens with two attached hydrogens (primary N) is 1. The number of carbonyl (C=O) groups excluding carboxylic acids is 1. The number of hydrogen-bond donors (Lipinski definition) is 2. The SMILES string of the molecule is CCC1CN(CC(=O)Nc2cccc(Cl)c2)c2cc(N)ccc2O1. The second kappa shape index (κ2) is 7.01. The number of ether oxygens (including phenoxy) is 1. The molecule has 0 saturated carbocycles. The summed E-state index contributed by atoms with van der Waals surface area (Å²) < 4.78 is 5.94. The second-order valence-electron chi connectivity index (χ2n) is 5.81. The van der Waals surface area contributed by atoms with Crippen molar-refractivity contribution in [2.24, 2.45) is 0 Å². The van der Waals surface area contributed by atoms with Crippen molar-refractivity contribution in [2.75, 3.05) is 29.0 Å². The molecule has 0 aromatic heterocycles. The van der Waals surface area contributed by atoms with Gasteiger partial charge in [-0.1, -0.05) is 24.6 Å². The summed E-state index contributed by atoms with van der Waals surface area (Å²) in [6, 6.07) is 12.6. The molecule has 5 nitrogen and oxygen atoms in total. The average molecular weight is 346 g/mol. The van der Waals surface area contributed by atoms with Gasteiger partial charge in [-0.15, -0.1) is 0 Å². The number of amides is 1. The lowest BCUT2D eigenvalue weighted by Gasteiger charge is -2.35. The largest absolute Gasteiger partial charge is 0.486 e. The van der Waals surface area contributed by atoms with Crippen LogP contribution in [-0.2, 0) is 4.79 Å². The summed E-state index contributed by atoms with van der Waals surface area (Å²) in [6.45, 7) is 2.94. The molecule has 1 amide bonds. The molecule has 126 valence electrons. The Morgan fingerprint density at radius 2 is 2.21 bits per heavy atom. The number of nitrogens with one attached hydrogen (secondary N) is 1. The Morgan fingerprint density at radius 3 is 2.96 bits per heavy atom. The molecule has 2 aromatic rings. The van der Waals surface area contributed by atoms with E-state index in [4.69, 9.17) is 22.1 Å². The average Bonchev–Trinajstić information content (AvgIpc) is 2.55. The minimum atomic E-state index is -0.109. The molecule has 24 heavy (non-hydrogen) atoms. The maximum Gasteiger partial charge on any atom is 0.243 e. The third kappa shape index (κ3) is 3.74. The zero-order valence-corrected chi connectivity index (χ0v) is 14.2. The van der Waals surface area contributed by atoms with Gasteiger partial charge in [0.25, 0.3) is 0 Å². The number of nitrogen functional groups attached to an aromatic ring is 1. The van der Waals surface area contributed by atoms with Gasteiger partial charge in [0.05, 0.1) is 18.8 Å². The number of halogens is 1. The fourth-order valence-electron chi connectivity index (χ4n) is 2.74. The molecule has 1 atom stereocenters. The molecular formula is C18H20ClN3O2. The Hall–Kier alpha value is -2.40. The Labute approximate surface area is 146 Å². The Balaban J connectivity index is 1.76. The quantitative estimate of drug-likeness (QED) is 0.832. The number of nitrogens with zero attached hydrogens (tertiary/aromatic N) is 1. The number of rotatable bonds is 4. The molecule has 0 spiro atoms. The molecule has 6 heteroatoms. The second-order valence-corrected chi connectivity index (χ2v) is 6.25. The standard InChI is InChI=1S/C18H20ClN3O2/c1-2-15-10-22(16-9-13(20)6-7-17(16)24-15)11-18(23)21-14-5-3-4-12(19)8-14/h3-9,15H,2,10-11,20H2,1H3,(H,21,23). The van der Waals surface area contributed by atoms with E-state index in [-0.39, 0.29) is 18.6 Å². The third-order valence-corrected chi connectivity index (χ3v) is 4.17. The Morgan fingerprint density at radius 1 is 1.38 bits per heavy atom. The van der Waals surface area contributed by atoms with E-state index in [1.807, 2.05) is 23.1 Å². The first-order chi connectivity index (χ1) is 11.5. The Kier molecular flexibility index (Phi) is 4.81. The molecule has 3 N–H and O–H groups in total. The number of anilines is 3. The van der Waals surface area contributed by atoms with E-state index in [2.05, 4.69) is 12.2 Å². The van der Waals surface area contributed by atoms with Crippen LogP contribution in [0.25, 0.3) is 0 Å². The van der Waals surface area contributed by atoms with Crippen molar-refractivity contribution >= 4 is 34.6 Å². The van der Waals surface area contributed by atoms with Crippen molar-refractivity contribution in [3.8, 4) is 5.75 Å². The van der Waals surface area contributed by atoms with Gasteiger partial charge in [-0.3, -0.25) is 4.79 Å². The van der Waals surface area contributed by atoms with Crippen LogP contribution >= 0.6 is 11.6 Å². The van der Waals surface area contributed by atoms with Gasteiger partial charge < -0.3 is 20.7 Å². The van der Waals surface area contributed by atoms with Gasteiger partial charge in [-0.05, 0) is 42.8 Å². The smallest absolute Gasteiger partial charge is 0.243 e. The summed E-state index contributed by atoms with van der Waals surface area (Å²) in [5.41, 5.74) is 8.06. The normalized spacial score (nSPS) is 16.2. The van der Waals surface area contributed by atoms with Crippen LogP contribution in [-0.4, -0.2) is 25.1 Å². The molecule has 0 aliphatic carbocycles. The number of hydrogen-bond acceptors (Lipinski definition) is 4. The topological polar surface area (TPSA) is 67.6 Å². The predicted octanol–water partition coefficient (Wildman–Crippen LogP) is 3.54. The van der Waals surface area contributed by atoms with E-state index in [9.17, 15) is 4.79 Å². The highest BCUT2D eigenvalue weighted by atomic mass is 35.5. The molecular weight excluding hydrogens is 326 g/mol. The lowest BCUT2D eigenvalue weighted by atomic mass is 10.1. The summed E-state index contributed by atoms with van der Waals surface area (Å²) in [4.78, 5) is 14.4. The molecule has 1 heterocycles. The molecule has 2 aromatic carbocycles. The lowest BCUT2D eigenvalue weighted by Crippen LogP contribution is -2.43. The minimum Gasteiger partial charge on any atom is -0.486 e. The zero-order chi connectivity index (χ0) is 17.1. The number of benzene rings is 2.